The number of fused-ring (bicyclic) bond motifs is 1. The van der Waals surface area contributed by atoms with Gasteiger partial charge in [-0.3, -0.25) is 14.4 Å². The Labute approximate surface area is 283 Å². The summed E-state index contributed by atoms with van der Waals surface area (Å²) >= 11 is 0. The highest BCUT2D eigenvalue weighted by Crippen LogP contribution is 2.38. The molecule has 2 aromatic carbocycles. The molecule has 2 heterocycles. The quantitative estimate of drug-likeness (QED) is 0.184. The number of hydrogen-bond acceptors (Lipinski definition) is 8. The van der Waals surface area contributed by atoms with E-state index in [9.17, 15) is 37.5 Å². The van der Waals surface area contributed by atoms with E-state index in [0.29, 0.717) is 57.5 Å². The standard InChI is InChI=1S/C31H37FN6O5.C2HF3O2/c32-23-16-21-26(38(20-8-9-20)18-22(28(21)39)31(42)43)17-27(23)36-11-13-37(14-12-36)30(41)25(7-4-10-33)35-29(40)24(34)15-19-5-2-1-3-6-19;3-2(4,5)1(6)7/h1-3,5-6,16-18,20,24-25H,4,7-15,33-34H2,(H,35,40)(H,42,43);(H,6,7)/t24-,25-;/m0./s1. The number of carboxylic acid groups (broad SMARTS) is 2. The minimum Gasteiger partial charge on any atom is -0.477 e. The van der Waals surface area contributed by atoms with Crippen molar-refractivity contribution in [2.75, 3.05) is 37.6 Å². The fraction of sp³-hybridized carbons (Fsp3) is 0.424. The summed E-state index contributed by atoms with van der Waals surface area (Å²) in [4.78, 5) is 63.2. The van der Waals surface area contributed by atoms with Gasteiger partial charge in [-0.05, 0) is 56.3 Å². The summed E-state index contributed by atoms with van der Waals surface area (Å²) in [5.41, 5.74) is 12.5. The topological polar surface area (TPSA) is 201 Å². The molecule has 1 aliphatic carbocycles. The third kappa shape index (κ3) is 9.35. The summed E-state index contributed by atoms with van der Waals surface area (Å²) in [7, 11) is 0. The molecule has 13 nitrogen and oxygen atoms in total. The van der Waals surface area contributed by atoms with Gasteiger partial charge in [-0.1, -0.05) is 30.3 Å². The third-order valence-electron chi connectivity index (χ3n) is 8.39. The Morgan fingerprint density at radius 3 is 2.16 bits per heavy atom. The molecule has 0 radical (unpaired) electrons. The molecule has 5 rings (SSSR count). The molecule has 0 spiro atoms. The van der Waals surface area contributed by atoms with Gasteiger partial charge in [-0.25, -0.2) is 14.0 Å². The van der Waals surface area contributed by atoms with Crippen molar-refractivity contribution < 1.29 is 47.0 Å². The van der Waals surface area contributed by atoms with Crippen LogP contribution < -0.4 is 27.1 Å². The first-order valence-electron chi connectivity index (χ1n) is 15.9. The van der Waals surface area contributed by atoms with E-state index in [0.717, 1.165) is 24.5 Å². The second-order valence-electron chi connectivity index (χ2n) is 12.0. The maximum atomic E-state index is 15.4. The highest BCUT2D eigenvalue weighted by atomic mass is 19.4. The van der Waals surface area contributed by atoms with Crippen molar-refractivity contribution >= 4 is 40.3 Å². The number of carbonyl (C=O) groups excluding carboxylic acids is 2. The molecule has 270 valence electrons. The molecule has 2 fully saturated rings. The molecule has 3 aromatic rings. The number of aromatic nitrogens is 1. The molecule has 17 heteroatoms. The molecule has 50 heavy (non-hydrogen) atoms. The van der Waals surface area contributed by atoms with Crippen LogP contribution in [0.25, 0.3) is 10.9 Å². The maximum absolute atomic E-state index is 15.4. The smallest absolute Gasteiger partial charge is 0.477 e. The Morgan fingerprint density at radius 1 is 1.00 bits per heavy atom. The van der Waals surface area contributed by atoms with Gasteiger partial charge >= 0.3 is 18.1 Å². The molecular weight excluding hydrogens is 668 g/mol. The Balaban J connectivity index is 0.000000727. The molecule has 7 N–H and O–H groups in total. The highest BCUT2D eigenvalue weighted by molar-refractivity contribution is 5.94. The number of nitrogens with one attached hydrogen (secondary N) is 1. The van der Waals surface area contributed by atoms with Crippen LogP contribution in [0.15, 0.2) is 53.5 Å². The van der Waals surface area contributed by atoms with Crippen LogP contribution in [-0.2, 0) is 20.8 Å². The van der Waals surface area contributed by atoms with Crippen LogP contribution in [0.3, 0.4) is 0 Å². The number of halogens is 4. The number of pyridine rings is 1. The number of carbonyl (C=O) groups is 4. The van der Waals surface area contributed by atoms with Crippen molar-refractivity contribution in [1.29, 1.82) is 0 Å². The second-order valence-corrected chi connectivity index (χ2v) is 12.0. The first kappa shape index (κ1) is 37.8. The first-order valence-corrected chi connectivity index (χ1v) is 15.9. The van der Waals surface area contributed by atoms with E-state index in [-0.39, 0.29) is 28.6 Å². The maximum Gasteiger partial charge on any atom is 0.490 e. The van der Waals surface area contributed by atoms with Crippen molar-refractivity contribution in [2.45, 2.75) is 56.4 Å². The summed E-state index contributed by atoms with van der Waals surface area (Å²) in [5, 5.41) is 19.5. The number of piperazine rings is 1. The highest BCUT2D eigenvalue weighted by Gasteiger charge is 2.38. The molecule has 0 bridgehead atoms. The van der Waals surface area contributed by atoms with Gasteiger partial charge in [0.05, 0.1) is 17.2 Å². The summed E-state index contributed by atoms with van der Waals surface area (Å²) in [6.45, 7) is 1.63. The predicted octanol–water partition coefficient (Wildman–Crippen LogP) is 2.25. The van der Waals surface area contributed by atoms with E-state index >= 15 is 4.39 Å². The summed E-state index contributed by atoms with van der Waals surface area (Å²) in [6.07, 6.45) is -0.779. The Kier molecular flexibility index (Phi) is 12.2. The average Bonchev–Trinajstić information content (AvgIpc) is 3.92. The van der Waals surface area contributed by atoms with Crippen LogP contribution in [0.5, 0.6) is 0 Å². The van der Waals surface area contributed by atoms with Crippen LogP contribution in [-0.4, -0.2) is 94.4 Å². The van der Waals surface area contributed by atoms with E-state index in [4.69, 9.17) is 21.4 Å². The first-order chi connectivity index (χ1) is 23.6. The molecule has 2 atom stereocenters. The number of carboxylic acids is 2. The molecule has 2 amide bonds. The molecule has 2 aliphatic rings. The predicted molar refractivity (Wildman–Crippen MR) is 174 cm³/mol. The fourth-order valence-corrected chi connectivity index (χ4v) is 5.62. The zero-order valence-corrected chi connectivity index (χ0v) is 26.9. The Bertz CT molecular complexity index is 1770. The number of anilines is 1. The van der Waals surface area contributed by atoms with Crippen LogP contribution in [0, 0.1) is 5.82 Å². The lowest BCUT2D eigenvalue weighted by atomic mass is 10.0. The average molecular weight is 707 g/mol. The monoisotopic (exact) mass is 706 g/mol. The lowest BCUT2D eigenvalue weighted by molar-refractivity contribution is -0.192. The van der Waals surface area contributed by atoms with Gasteiger partial charge in [-0.2, -0.15) is 13.2 Å². The van der Waals surface area contributed by atoms with Gasteiger partial charge in [0, 0.05) is 43.8 Å². The third-order valence-corrected chi connectivity index (χ3v) is 8.39. The summed E-state index contributed by atoms with van der Waals surface area (Å²) in [6, 6.07) is 10.6. The Morgan fingerprint density at radius 2 is 1.62 bits per heavy atom. The van der Waals surface area contributed by atoms with E-state index in [1.165, 1.54) is 6.20 Å². The molecule has 0 unspecified atom stereocenters. The van der Waals surface area contributed by atoms with Crippen LogP contribution in [0.4, 0.5) is 23.2 Å². The largest absolute Gasteiger partial charge is 0.490 e. The van der Waals surface area contributed by atoms with Gasteiger partial charge < -0.3 is 41.4 Å². The van der Waals surface area contributed by atoms with Crippen molar-refractivity contribution in [3.05, 3.63) is 75.8 Å². The Hall–Kier alpha value is -5.03. The number of alkyl halides is 3. The van der Waals surface area contributed by atoms with Gasteiger partial charge in [0.1, 0.15) is 17.4 Å². The number of nitrogens with two attached hydrogens (primary N) is 2. The number of aliphatic carboxylic acids is 1. The number of aromatic carboxylic acids is 1. The lowest BCUT2D eigenvalue weighted by Gasteiger charge is -2.38. The molecule has 1 aliphatic heterocycles. The summed E-state index contributed by atoms with van der Waals surface area (Å²) in [5.74, 6) is -5.38. The number of nitrogens with zero attached hydrogens (tertiary/aromatic N) is 3. The summed E-state index contributed by atoms with van der Waals surface area (Å²) < 4.78 is 48.9. The van der Waals surface area contributed by atoms with E-state index in [1.807, 2.05) is 35.2 Å². The fourth-order valence-electron chi connectivity index (χ4n) is 5.62. The number of benzene rings is 2. The molecule has 1 saturated carbocycles. The van der Waals surface area contributed by atoms with Gasteiger partial charge in [0.2, 0.25) is 17.2 Å². The number of rotatable bonds is 11. The van der Waals surface area contributed by atoms with Gasteiger partial charge in [0.15, 0.2) is 0 Å². The van der Waals surface area contributed by atoms with Crippen molar-refractivity contribution in [3.8, 4) is 0 Å². The number of amides is 2. The zero-order chi connectivity index (χ0) is 36.7. The van der Waals surface area contributed by atoms with Crippen molar-refractivity contribution in [2.24, 2.45) is 11.5 Å². The SMILES string of the molecule is NCCC[C@H](NC(=O)[C@@H](N)Cc1ccccc1)C(=O)N1CCN(c2cc3c(cc2F)c(=O)c(C(=O)O)cn3C2CC2)CC1.O=C(O)C(F)(F)F. The van der Waals surface area contributed by atoms with Crippen molar-refractivity contribution in [3.63, 3.8) is 0 Å². The van der Waals surface area contributed by atoms with Crippen molar-refractivity contribution in [1.82, 2.24) is 14.8 Å². The lowest BCUT2D eigenvalue weighted by Crippen LogP contribution is -2.57. The second kappa shape index (κ2) is 16.1. The zero-order valence-electron chi connectivity index (χ0n) is 26.9. The molecular formula is C33H38F4N6O7. The van der Waals surface area contributed by atoms with Crippen LogP contribution in [0.1, 0.15) is 47.6 Å². The normalized spacial score (nSPS) is 15.9. The van der Waals surface area contributed by atoms with E-state index < -0.39 is 47.4 Å². The van der Waals surface area contributed by atoms with Crippen LogP contribution in [0.2, 0.25) is 0 Å². The number of hydrogen-bond donors (Lipinski definition) is 5. The molecule has 1 saturated heterocycles. The molecule has 1 aromatic heterocycles. The van der Waals surface area contributed by atoms with Gasteiger partial charge in [0.25, 0.3) is 0 Å². The minimum atomic E-state index is -5.08. The van der Waals surface area contributed by atoms with Crippen LogP contribution >= 0.6 is 0 Å². The van der Waals surface area contributed by atoms with E-state index in [1.54, 1.807) is 15.5 Å². The van der Waals surface area contributed by atoms with E-state index in [2.05, 4.69) is 5.32 Å². The minimum absolute atomic E-state index is 0.0332. The van der Waals surface area contributed by atoms with Gasteiger partial charge in [-0.15, -0.1) is 0 Å².